The van der Waals surface area contributed by atoms with Gasteiger partial charge in [0.05, 0.1) is 28.7 Å². The van der Waals surface area contributed by atoms with E-state index in [1.54, 1.807) is 42.2 Å². The average Bonchev–Trinajstić information content (AvgIpc) is 3.25. The molecule has 1 aliphatic rings. The van der Waals surface area contributed by atoms with Gasteiger partial charge in [-0.2, -0.15) is 4.72 Å². The lowest BCUT2D eigenvalue weighted by molar-refractivity contribution is -0.245. The highest BCUT2D eigenvalue weighted by molar-refractivity contribution is 7.99. The van der Waals surface area contributed by atoms with E-state index in [0.717, 1.165) is 49.5 Å². The summed E-state index contributed by atoms with van der Waals surface area (Å²) in [6, 6.07) is 44.6. The summed E-state index contributed by atoms with van der Waals surface area (Å²) in [7, 11) is -3.97. The van der Waals surface area contributed by atoms with Gasteiger partial charge in [-0.15, -0.1) is 11.8 Å². The SMILES string of the molecule is Cc1ccc(S(=O)(=O)N[C@H](Cc2ccccc2)C(=O)NCc2cccc(-c3cccc([C@@H]4O[C@H](CSc5ccccn5)C[C@H](c5ccc(CO)cc5)O4)c3)c2)cc1. The van der Waals surface area contributed by atoms with Crippen molar-refractivity contribution in [3.63, 3.8) is 0 Å². The maximum atomic E-state index is 13.7. The second-order valence-corrected chi connectivity index (χ2v) is 16.8. The van der Waals surface area contributed by atoms with Gasteiger partial charge in [0.25, 0.3) is 0 Å². The number of nitrogens with one attached hydrogen (secondary N) is 2. The predicted octanol–water partition coefficient (Wildman–Crippen LogP) is 8.09. The first kappa shape index (κ1) is 40.1. The molecule has 292 valence electrons. The minimum absolute atomic E-state index is 0.0217. The minimum Gasteiger partial charge on any atom is -0.392 e. The fourth-order valence-corrected chi connectivity index (χ4v) is 8.76. The molecule has 1 saturated heterocycles. The van der Waals surface area contributed by atoms with Crippen molar-refractivity contribution < 1.29 is 27.8 Å². The van der Waals surface area contributed by atoms with Gasteiger partial charge >= 0.3 is 0 Å². The number of aryl methyl sites for hydroxylation is 1. The van der Waals surface area contributed by atoms with Crippen molar-refractivity contribution in [3.8, 4) is 11.1 Å². The monoisotopic (exact) mass is 799 g/mol. The van der Waals surface area contributed by atoms with E-state index in [2.05, 4.69) is 21.1 Å². The molecule has 4 atom stereocenters. The van der Waals surface area contributed by atoms with Crippen LogP contribution in [0.3, 0.4) is 0 Å². The van der Waals surface area contributed by atoms with Gasteiger partial charge in [-0.3, -0.25) is 4.79 Å². The number of aliphatic hydroxyl groups is 1. The first-order valence-corrected chi connectivity index (χ1v) is 21.3. The molecular formula is C46H45N3O6S2. The van der Waals surface area contributed by atoms with Crippen molar-refractivity contribution >= 4 is 27.7 Å². The molecule has 7 rings (SSSR count). The van der Waals surface area contributed by atoms with Gasteiger partial charge in [0, 0.05) is 30.5 Å². The second-order valence-electron chi connectivity index (χ2n) is 14.0. The number of pyridine rings is 1. The van der Waals surface area contributed by atoms with Crippen molar-refractivity contribution in [1.29, 1.82) is 0 Å². The molecule has 57 heavy (non-hydrogen) atoms. The third-order valence-electron chi connectivity index (χ3n) is 9.78. The molecule has 1 amide bonds. The number of sulfonamides is 1. The van der Waals surface area contributed by atoms with Crippen LogP contribution in [0.5, 0.6) is 0 Å². The smallest absolute Gasteiger partial charge is 0.241 e. The van der Waals surface area contributed by atoms with Crippen LogP contribution in [0.25, 0.3) is 11.1 Å². The number of rotatable bonds is 15. The lowest BCUT2D eigenvalue weighted by atomic mass is 9.99. The van der Waals surface area contributed by atoms with Crippen LogP contribution >= 0.6 is 11.8 Å². The Morgan fingerprint density at radius 3 is 2.25 bits per heavy atom. The van der Waals surface area contributed by atoms with Gasteiger partial charge in [0.1, 0.15) is 6.04 Å². The van der Waals surface area contributed by atoms with Crippen LogP contribution in [0.1, 0.15) is 52.2 Å². The number of carbonyl (C=O) groups excluding carboxylic acids is 1. The minimum atomic E-state index is -3.97. The van der Waals surface area contributed by atoms with Crippen molar-refractivity contribution in [2.45, 2.75) is 67.4 Å². The zero-order chi connectivity index (χ0) is 39.6. The molecule has 2 heterocycles. The Bertz CT molecular complexity index is 2340. The van der Waals surface area contributed by atoms with Crippen molar-refractivity contribution in [1.82, 2.24) is 15.0 Å². The zero-order valence-electron chi connectivity index (χ0n) is 31.5. The van der Waals surface area contributed by atoms with Crippen LogP contribution in [0.15, 0.2) is 162 Å². The van der Waals surface area contributed by atoms with Gasteiger partial charge < -0.3 is 19.9 Å². The molecule has 0 bridgehead atoms. The van der Waals surface area contributed by atoms with Gasteiger partial charge in [-0.05, 0) is 83.1 Å². The quantitative estimate of drug-likeness (QED) is 0.0891. The number of ether oxygens (including phenoxy) is 2. The van der Waals surface area contributed by atoms with Crippen LogP contribution < -0.4 is 10.0 Å². The van der Waals surface area contributed by atoms with Crippen molar-refractivity contribution in [2.24, 2.45) is 0 Å². The molecule has 0 spiro atoms. The molecule has 0 saturated carbocycles. The summed E-state index contributed by atoms with van der Waals surface area (Å²) in [6.45, 7) is 2.06. The standard InChI is InChI=1S/C46H45N3O6S2/c1-32-16-22-41(23-17-32)57(52,53)49-42(26-33-9-3-2-4-10-33)45(51)48-29-35-11-7-12-37(25-35)38-13-8-14-39(27-38)46-54-40(31-56-44-15-5-6-24-47-44)28-43(55-46)36-20-18-34(30-50)19-21-36/h2-25,27,40,42-43,46,49-50H,26,28-31H2,1H3,(H,48,51)/t40-,42+,43+,46+/m0/s1. The highest BCUT2D eigenvalue weighted by atomic mass is 32.2. The van der Waals surface area contributed by atoms with Gasteiger partial charge in [0.2, 0.25) is 15.9 Å². The molecule has 1 fully saturated rings. The van der Waals surface area contributed by atoms with Crippen molar-refractivity contribution in [2.75, 3.05) is 5.75 Å². The number of carbonyl (C=O) groups is 1. The molecule has 1 aromatic heterocycles. The van der Waals surface area contributed by atoms with E-state index in [9.17, 15) is 18.3 Å². The van der Waals surface area contributed by atoms with Crippen LogP contribution in [-0.4, -0.2) is 42.3 Å². The number of benzene rings is 5. The van der Waals surface area contributed by atoms with E-state index in [1.165, 1.54) is 0 Å². The first-order chi connectivity index (χ1) is 27.7. The highest BCUT2D eigenvalue weighted by Crippen LogP contribution is 2.40. The van der Waals surface area contributed by atoms with Crippen LogP contribution in [0.4, 0.5) is 0 Å². The number of aromatic nitrogens is 1. The van der Waals surface area contributed by atoms with Crippen LogP contribution in [0, 0.1) is 6.92 Å². The van der Waals surface area contributed by atoms with E-state index in [1.807, 2.05) is 122 Å². The summed E-state index contributed by atoms with van der Waals surface area (Å²) >= 11 is 1.65. The lowest BCUT2D eigenvalue weighted by Gasteiger charge is -2.36. The lowest BCUT2D eigenvalue weighted by Crippen LogP contribution is -2.47. The molecule has 0 aliphatic carbocycles. The van der Waals surface area contributed by atoms with Gasteiger partial charge in [0.15, 0.2) is 6.29 Å². The Morgan fingerprint density at radius 2 is 1.51 bits per heavy atom. The second kappa shape index (κ2) is 18.9. The normalized spacial score (nSPS) is 17.5. The summed E-state index contributed by atoms with van der Waals surface area (Å²) in [5.41, 5.74) is 7.26. The Labute approximate surface area is 338 Å². The number of aliphatic hydroxyl groups excluding tert-OH is 1. The maximum Gasteiger partial charge on any atom is 0.241 e. The fourth-order valence-electron chi connectivity index (χ4n) is 6.68. The molecular weight excluding hydrogens is 755 g/mol. The zero-order valence-corrected chi connectivity index (χ0v) is 33.2. The highest BCUT2D eigenvalue weighted by Gasteiger charge is 2.33. The number of thioether (sulfide) groups is 1. The summed E-state index contributed by atoms with van der Waals surface area (Å²) in [5, 5.41) is 13.5. The van der Waals surface area contributed by atoms with Crippen molar-refractivity contribution in [3.05, 3.63) is 185 Å². The molecule has 6 aromatic rings. The molecule has 0 radical (unpaired) electrons. The summed E-state index contributed by atoms with van der Waals surface area (Å²) in [5.74, 6) is 0.277. The van der Waals surface area contributed by atoms with E-state index in [0.29, 0.717) is 12.2 Å². The molecule has 1 aliphatic heterocycles. The third-order valence-corrected chi connectivity index (χ3v) is 12.3. The van der Waals surface area contributed by atoms with Gasteiger partial charge in [-0.25, -0.2) is 13.4 Å². The Kier molecular flexibility index (Phi) is 13.3. The number of nitrogens with zero attached hydrogens (tertiary/aromatic N) is 1. The van der Waals surface area contributed by atoms with E-state index < -0.39 is 28.3 Å². The van der Waals surface area contributed by atoms with Crippen LogP contribution in [-0.2, 0) is 43.9 Å². The fraction of sp³-hybridized carbons (Fsp3) is 0.217. The molecule has 5 aromatic carbocycles. The van der Waals surface area contributed by atoms with E-state index >= 15 is 0 Å². The first-order valence-electron chi connectivity index (χ1n) is 18.9. The Balaban J connectivity index is 1.06. The molecule has 11 heteroatoms. The predicted molar refractivity (Wildman–Crippen MR) is 223 cm³/mol. The molecule has 0 unspecified atom stereocenters. The summed E-state index contributed by atoms with van der Waals surface area (Å²) < 4.78 is 42.6. The third kappa shape index (κ3) is 10.8. The average molecular weight is 800 g/mol. The topological polar surface area (TPSA) is 127 Å². The summed E-state index contributed by atoms with van der Waals surface area (Å²) in [6.07, 6.45) is 1.70. The molecule has 3 N–H and O–H groups in total. The maximum absolute atomic E-state index is 13.7. The number of amides is 1. The summed E-state index contributed by atoms with van der Waals surface area (Å²) in [4.78, 5) is 18.3. The van der Waals surface area contributed by atoms with Crippen LogP contribution in [0.2, 0.25) is 0 Å². The van der Waals surface area contributed by atoms with Gasteiger partial charge in [-0.1, -0.05) is 115 Å². The van der Waals surface area contributed by atoms with E-state index in [-0.39, 0.29) is 36.7 Å². The Hall–Kier alpha value is -5.14. The number of hydrogen-bond donors (Lipinski definition) is 3. The molecule has 9 nitrogen and oxygen atoms in total. The number of hydrogen-bond acceptors (Lipinski definition) is 8. The largest absolute Gasteiger partial charge is 0.392 e. The Morgan fingerprint density at radius 1 is 0.789 bits per heavy atom. The van der Waals surface area contributed by atoms with E-state index in [4.69, 9.17) is 9.47 Å².